The predicted molar refractivity (Wildman–Crippen MR) is 69.2 cm³/mol. The van der Waals surface area contributed by atoms with Crippen LogP contribution in [-0.4, -0.2) is 23.0 Å². The molecule has 1 aromatic rings. The van der Waals surface area contributed by atoms with Gasteiger partial charge in [0.25, 0.3) is 0 Å². The highest BCUT2D eigenvalue weighted by Crippen LogP contribution is 2.06. The van der Waals surface area contributed by atoms with Gasteiger partial charge >= 0.3 is 5.97 Å². The van der Waals surface area contributed by atoms with E-state index in [1.807, 2.05) is 6.92 Å². The smallest absolute Gasteiger partial charge is 0.305 e. The zero-order valence-electron chi connectivity index (χ0n) is 10.9. The lowest BCUT2D eigenvalue weighted by Gasteiger charge is -2.16. The summed E-state index contributed by atoms with van der Waals surface area (Å²) in [6.07, 6.45) is 1.36. The maximum absolute atomic E-state index is 13.0. The molecule has 0 aliphatic heterocycles. The molecular formula is C14H18FNO3. The lowest BCUT2D eigenvalue weighted by molar-refractivity contribution is -0.137. The number of aliphatic carboxylic acids is 1. The number of benzene rings is 1. The largest absolute Gasteiger partial charge is 0.481 e. The molecule has 0 radical (unpaired) electrons. The third-order valence-electron chi connectivity index (χ3n) is 2.68. The zero-order chi connectivity index (χ0) is 14.3. The van der Waals surface area contributed by atoms with Gasteiger partial charge in [0.1, 0.15) is 5.82 Å². The Morgan fingerprint density at radius 2 is 2.16 bits per heavy atom. The number of hydrogen-bond donors (Lipinski definition) is 2. The van der Waals surface area contributed by atoms with Gasteiger partial charge in [-0.15, -0.1) is 0 Å². The van der Waals surface area contributed by atoms with Gasteiger partial charge < -0.3 is 10.4 Å². The van der Waals surface area contributed by atoms with E-state index in [9.17, 15) is 14.0 Å². The molecule has 0 fully saturated rings. The molecule has 0 aliphatic rings. The number of carboxylic acids is 1. The highest BCUT2D eigenvalue weighted by molar-refractivity contribution is 5.79. The number of nitrogens with one attached hydrogen (secondary N) is 1. The van der Waals surface area contributed by atoms with Crippen LogP contribution < -0.4 is 5.32 Å². The molecule has 104 valence electrons. The van der Waals surface area contributed by atoms with Gasteiger partial charge in [0.05, 0.1) is 12.8 Å². The van der Waals surface area contributed by atoms with Crippen molar-refractivity contribution in [2.24, 2.45) is 0 Å². The van der Waals surface area contributed by atoms with E-state index >= 15 is 0 Å². The number of rotatable bonds is 7. The molecule has 1 unspecified atom stereocenters. The van der Waals surface area contributed by atoms with Crippen LogP contribution in [0.15, 0.2) is 24.3 Å². The van der Waals surface area contributed by atoms with Gasteiger partial charge in [-0.1, -0.05) is 25.5 Å². The highest BCUT2D eigenvalue weighted by Gasteiger charge is 2.15. The summed E-state index contributed by atoms with van der Waals surface area (Å²) in [7, 11) is 0. The van der Waals surface area contributed by atoms with Crippen molar-refractivity contribution < 1.29 is 19.1 Å². The van der Waals surface area contributed by atoms with E-state index in [2.05, 4.69) is 5.32 Å². The maximum Gasteiger partial charge on any atom is 0.305 e. The summed E-state index contributed by atoms with van der Waals surface area (Å²) in [5.41, 5.74) is 0.572. The molecular weight excluding hydrogens is 249 g/mol. The predicted octanol–water partition coefficient (Wildman–Crippen LogP) is 2.13. The minimum absolute atomic E-state index is 0.0532. The van der Waals surface area contributed by atoms with Gasteiger partial charge in [-0.3, -0.25) is 9.59 Å². The normalized spacial score (nSPS) is 11.9. The van der Waals surface area contributed by atoms with E-state index in [0.29, 0.717) is 12.0 Å². The van der Waals surface area contributed by atoms with E-state index in [1.54, 1.807) is 12.1 Å². The van der Waals surface area contributed by atoms with Crippen molar-refractivity contribution in [2.75, 3.05) is 0 Å². The summed E-state index contributed by atoms with van der Waals surface area (Å²) in [5, 5.41) is 11.4. The summed E-state index contributed by atoms with van der Waals surface area (Å²) in [4.78, 5) is 22.4. The maximum atomic E-state index is 13.0. The van der Waals surface area contributed by atoms with Crippen molar-refractivity contribution in [3.05, 3.63) is 35.6 Å². The van der Waals surface area contributed by atoms with Crippen LogP contribution in [-0.2, 0) is 16.0 Å². The van der Waals surface area contributed by atoms with Crippen LogP contribution in [0.5, 0.6) is 0 Å². The third-order valence-corrected chi connectivity index (χ3v) is 2.68. The van der Waals surface area contributed by atoms with Crippen molar-refractivity contribution in [1.82, 2.24) is 5.32 Å². The van der Waals surface area contributed by atoms with Crippen LogP contribution >= 0.6 is 0 Å². The van der Waals surface area contributed by atoms with Crippen LogP contribution in [0, 0.1) is 5.82 Å². The molecule has 0 saturated carbocycles. The van der Waals surface area contributed by atoms with Crippen molar-refractivity contribution in [3.63, 3.8) is 0 Å². The summed E-state index contributed by atoms with van der Waals surface area (Å²) in [6, 6.07) is 5.44. The van der Waals surface area contributed by atoms with Crippen molar-refractivity contribution in [3.8, 4) is 0 Å². The van der Waals surface area contributed by atoms with Gasteiger partial charge in [0, 0.05) is 6.04 Å². The topological polar surface area (TPSA) is 66.4 Å². The molecule has 0 bridgehead atoms. The molecule has 1 rings (SSSR count). The molecule has 0 aromatic heterocycles. The molecule has 1 atom stereocenters. The Hall–Kier alpha value is -1.91. The zero-order valence-corrected chi connectivity index (χ0v) is 10.9. The molecule has 5 heteroatoms. The van der Waals surface area contributed by atoms with Crippen LogP contribution in [0.2, 0.25) is 0 Å². The molecule has 0 heterocycles. The molecule has 2 N–H and O–H groups in total. The SMILES string of the molecule is CCCC(CC(=O)O)NC(=O)Cc1cccc(F)c1. The van der Waals surface area contributed by atoms with E-state index in [1.165, 1.54) is 12.1 Å². The van der Waals surface area contributed by atoms with Gasteiger partial charge in [0.15, 0.2) is 0 Å². The average Bonchev–Trinajstić information content (AvgIpc) is 2.27. The molecule has 0 spiro atoms. The third kappa shape index (κ3) is 5.99. The Labute approximate surface area is 111 Å². The second-order valence-corrected chi connectivity index (χ2v) is 4.46. The number of carboxylic acid groups (broad SMARTS) is 1. The number of halogens is 1. The monoisotopic (exact) mass is 267 g/mol. The van der Waals surface area contributed by atoms with Crippen molar-refractivity contribution >= 4 is 11.9 Å². The molecule has 19 heavy (non-hydrogen) atoms. The second-order valence-electron chi connectivity index (χ2n) is 4.46. The Balaban J connectivity index is 2.54. The lowest BCUT2D eigenvalue weighted by atomic mass is 10.1. The molecule has 4 nitrogen and oxygen atoms in total. The first-order valence-electron chi connectivity index (χ1n) is 6.27. The quantitative estimate of drug-likeness (QED) is 0.795. The van der Waals surface area contributed by atoms with Gasteiger partial charge in [-0.25, -0.2) is 4.39 Å². The number of carbonyl (C=O) groups is 2. The fourth-order valence-corrected chi connectivity index (χ4v) is 1.90. The number of carbonyl (C=O) groups excluding carboxylic acids is 1. The summed E-state index contributed by atoms with van der Waals surface area (Å²) >= 11 is 0. The standard InChI is InChI=1S/C14H18FNO3/c1-2-4-12(9-14(18)19)16-13(17)8-10-5-3-6-11(15)7-10/h3,5-7,12H,2,4,8-9H2,1H3,(H,16,17)(H,18,19). The van der Waals surface area contributed by atoms with Gasteiger partial charge in [0.2, 0.25) is 5.91 Å². The van der Waals surface area contributed by atoms with Crippen LogP contribution in [0.25, 0.3) is 0 Å². The molecule has 1 amide bonds. The number of amides is 1. The second kappa shape index (κ2) is 7.51. The van der Waals surface area contributed by atoms with Crippen LogP contribution in [0.4, 0.5) is 4.39 Å². The van der Waals surface area contributed by atoms with Crippen LogP contribution in [0.3, 0.4) is 0 Å². The fourth-order valence-electron chi connectivity index (χ4n) is 1.90. The Kier molecular flexibility index (Phi) is 5.99. The summed E-state index contributed by atoms with van der Waals surface area (Å²) in [5.74, 6) is -1.62. The van der Waals surface area contributed by atoms with Crippen molar-refractivity contribution in [2.45, 2.75) is 38.6 Å². The van der Waals surface area contributed by atoms with Crippen molar-refractivity contribution in [1.29, 1.82) is 0 Å². The average molecular weight is 267 g/mol. The van der Waals surface area contributed by atoms with Gasteiger partial charge in [-0.05, 0) is 24.1 Å². The Morgan fingerprint density at radius 3 is 2.74 bits per heavy atom. The minimum atomic E-state index is -0.940. The molecule has 1 aromatic carbocycles. The first kappa shape index (κ1) is 15.1. The van der Waals surface area contributed by atoms with Gasteiger partial charge in [-0.2, -0.15) is 0 Å². The lowest BCUT2D eigenvalue weighted by Crippen LogP contribution is -2.37. The molecule has 0 saturated heterocycles. The van der Waals surface area contributed by atoms with E-state index in [-0.39, 0.29) is 30.6 Å². The van der Waals surface area contributed by atoms with E-state index < -0.39 is 5.97 Å². The van der Waals surface area contributed by atoms with E-state index in [4.69, 9.17) is 5.11 Å². The van der Waals surface area contributed by atoms with E-state index in [0.717, 1.165) is 6.42 Å². The Morgan fingerprint density at radius 1 is 1.42 bits per heavy atom. The fraction of sp³-hybridized carbons (Fsp3) is 0.429. The summed E-state index contributed by atoms with van der Waals surface area (Å²) < 4.78 is 13.0. The first-order chi connectivity index (χ1) is 9.01. The summed E-state index contributed by atoms with van der Waals surface area (Å²) in [6.45, 7) is 1.92. The first-order valence-corrected chi connectivity index (χ1v) is 6.27. The van der Waals surface area contributed by atoms with Crippen LogP contribution in [0.1, 0.15) is 31.7 Å². The number of hydrogen-bond acceptors (Lipinski definition) is 2. The minimum Gasteiger partial charge on any atom is -0.481 e. The Bertz CT molecular complexity index is 448. The highest BCUT2D eigenvalue weighted by atomic mass is 19.1. The molecule has 0 aliphatic carbocycles.